The zero-order valence-electron chi connectivity index (χ0n) is 15.0. The van der Waals surface area contributed by atoms with Gasteiger partial charge in [-0.2, -0.15) is 0 Å². The number of aliphatic carboxylic acids is 1. The van der Waals surface area contributed by atoms with E-state index >= 15 is 0 Å². The van der Waals surface area contributed by atoms with Crippen LogP contribution in [0.5, 0.6) is 0 Å². The molecule has 1 aliphatic rings. The first-order valence-electron chi connectivity index (χ1n) is 7.76. The van der Waals surface area contributed by atoms with Gasteiger partial charge in [0.25, 0.3) is 17.8 Å². The Labute approximate surface area is 151 Å². The minimum atomic E-state index is -0.833. The van der Waals surface area contributed by atoms with Crippen LogP contribution in [0.15, 0.2) is 12.2 Å². The van der Waals surface area contributed by atoms with Gasteiger partial charge in [-0.05, 0) is 0 Å². The Morgan fingerprint density at radius 3 is 2.12 bits per heavy atom. The van der Waals surface area contributed by atoms with E-state index in [-0.39, 0.29) is 32.0 Å². The summed E-state index contributed by atoms with van der Waals surface area (Å²) in [4.78, 5) is 57.4. The van der Waals surface area contributed by atoms with Gasteiger partial charge in [-0.25, -0.2) is 4.79 Å². The predicted octanol–water partition coefficient (Wildman–Crippen LogP) is -1.89. The maximum atomic E-state index is 11.6. The minimum absolute atomic E-state index is 0.0402. The fourth-order valence-corrected chi connectivity index (χ4v) is 1.83. The fraction of sp³-hybridized carbons (Fsp3) is 0.533. The van der Waals surface area contributed by atoms with Crippen molar-refractivity contribution in [2.24, 2.45) is 5.73 Å². The van der Waals surface area contributed by atoms with Crippen LogP contribution in [0.3, 0.4) is 0 Å². The third-order valence-electron chi connectivity index (χ3n) is 3.10. The largest absolute Gasteiger partial charge is 0.481 e. The molecule has 1 heterocycles. The van der Waals surface area contributed by atoms with Crippen molar-refractivity contribution in [1.82, 2.24) is 20.4 Å². The Morgan fingerprint density at radius 1 is 1.19 bits per heavy atom. The summed E-state index contributed by atoms with van der Waals surface area (Å²) < 4.78 is 0. The smallest absolute Gasteiger partial charge is 0.314 e. The summed E-state index contributed by atoms with van der Waals surface area (Å²) >= 11 is 0. The summed E-state index contributed by atoms with van der Waals surface area (Å²) in [6.07, 6.45) is 2.52. The lowest BCUT2D eigenvalue weighted by atomic mass is 10.2. The van der Waals surface area contributed by atoms with Crippen molar-refractivity contribution in [2.75, 3.05) is 33.7 Å². The predicted molar refractivity (Wildman–Crippen MR) is 91.9 cm³/mol. The van der Waals surface area contributed by atoms with Crippen LogP contribution in [0.1, 0.15) is 13.3 Å². The van der Waals surface area contributed by atoms with Crippen LogP contribution in [0.25, 0.3) is 0 Å². The molecule has 0 aromatic carbocycles. The molecule has 1 aliphatic heterocycles. The van der Waals surface area contributed by atoms with E-state index in [0.29, 0.717) is 0 Å². The van der Waals surface area contributed by atoms with Crippen LogP contribution >= 0.6 is 0 Å². The number of urea groups is 1. The summed E-state index contributed by atoms with van der Waals surface area (Å²) in [6.45, 7) is 1.36. The van der Waals surface area contributed by atoms with Gasteiger partial charge in [-0.3, -0.25) is 24.1 Å². The molecule has 5 amide bonds. The number of nitrogens with two attached hydrogens (primary N) is 1. The standard InChI is InChI=1S/C13H21N5O4.C2H4O2/c1-17(2)10(19)5-6-15-13(22)16-8-9(7-14)18-11(20)3-4-12(18)21;1-2(3)4/h3-4,9H,5-8,14H2,1-2H3,(H2,15,16,22);1H3,(H,3,4)/t9-;/m0./s1. The Kier molecular flexibility index (Phi) is 10.3. The van der Waals surface area contributed by atoms with E-state index in [1.54, 1.807) is 14.1 Å². The highest BCUT2D eigenvalue weighted by atomic mass is 16.4. The highest BCUT2D eigenvalue weighted by molar-refractivity contribution is 6.13. The summed E-state index contributed by atoms with van der Waals surface area (Å²) in [5.74, 6) is -1.82. The van der Waals surface area contributed by atoms with Crippen molar-refractivity contribution in [3.63, 3.8) is 0 Å². The van der Waals surface area contributed by atoms with Gasteiger partial charge in [0.2, 0.25) is 5.91 Å². The molecule has 11 heteroatoms. The van der Waals surface area contributed by atoms with Crippen LogP contribution < -0.4 is 16.4 Å². The molecule has 0 saturated carbocycles. The van der Waals surface area contributed by atoms with E-state index in [0.717, 1.165) is 24.0 Å². The average molecular weight is 371 g/mol. The molecule has 5 N–H and O–H groups in total. The number of carbonyl (C=O) groups excluding carboxylic acids is 4. The lowest BCUT2D eigenvalue weighted by Gasteiger charge is -2.25. The van der Waals surface area contributed by atoms with Gasteiger partial charge in [-0.1, -0.05) is 0 Å². The van der Waals surface area contributed by atoms with Gasteiger partial charge in [-0.15, -0.1) is 0 Å². The maximum Gasteiger partial charge on any atom is 0.314 e. The van der Waals surface area contributed by atoms with Gasteiger partial charge < -0.3 is 26.4 Å². The Bertz CT molecular complexity index is 553. The van der Waals surface area contributed by atoms with Gasteiger partial charge in [0.05, 0.1) is 6.04 Å². The summed E-state index contributed by atoms with van der Waals surface area (Å²) in [7, 11) is 3.26. The van der Waals surface area contributed by atoms with Crippen molar-refractivity contribution in [1.29, 1.82) is 0 Å². The topological polar surface area (TPSA) is 162 Å². The van der Waals surface area contributed by atoms with Crippen molar-refractivity contribution >= 4 is 29.7 Å². The second kappa shape index (κ2) is 11.6. The van der Waals surface area contributed by atoms with E-state index in [1.165, 1.54) is 4.90 Å². The van der Waals surface area contributed by atoms with Crippen LogP contribution in [0, 0.1) is 0 Å². The van der Waals surface area contributed by atoms with Crippen LogP contribution in [0.4, 0.5) is 4.79 Å². The molecule has 1 rings (SSSR count). The molecule has 0 bridgehead atoms. The number of carboxylic acid groups (broad SMARTS) is 1. The third-order valence-corrected chi connectivity index (χ3v) is 3.10. The van der Waals surface area contributed by atoms with E-state index in [4.69, 9.17) is 15.6 Å². The molecule has 0 fully saturated rings. The highest BCUT2D eigenvalue weighted by Gasteiger charge is 2.30. The molecule has 11 nitrogen and oxygen atoms in total. The molecule has 26 heavy (non-hydrogen) atoms. The van der Waals surface area contributed by atoms with Gasteiger partial charge in [0.1, 0.15) is 0 Å². The normalized spacial score (nSPS) is 13.6. The van der Waals surface area contributed by atoms with Gasteiger partial charge in [0.15, 0.2) is 0 Å². The molecule has 1 atom stereocenters. The first kappa shape index (κ1) is 23.1. The molecule has 0 radical (unpaired) electrons. The molecular formula is C15H25N5O6. The van der Waals surface area contributed by atoms with Crippen molar-refractivity contribution in [3.8, 4) is 0 Å². The number of rotatable bonds is 7. The van der Waals surface area contributed by atoms with E-state index in [1.807, 2.05) is 0 Å². The molecule has 0 spiro atoms. The molecule has 0 aromatic rings. The van der Waals surface area contributed by atoms with Gasteiger partial charge >= 0.3 is 6.03 Å². The quantitative estimate of drug-likeness (QED) is 0.380. The Hall–Kier alpha value is -2.95. The Balaban J connectivity index is 0.00000141. The van der Waals surface area contributed by atoms with Crippen molar-refractivity contribution in [3.05, 3.63) is 12.2 Å². The number of nitrogens with one attached hydrogen (secondary N) is 2. The second-order valence-electron chi connectivity index (χ2n) is 5.46. The summed E-state index contributed by atoms with van der Waals surface area (Å²) in [5, 5.41) is 12.5. The molecule has 0 unspecified atom stereocenters. The maximum absolute atomic E-state index is 11.6. The summed E-state index contributed by atoms with van der Waals surface area (Å²) in [5.41, 5.74) is 5.54. The van der Waals surface area contributed by atoms with Crippen LogP contribution in [-0.2, 0) is 19.2 Å². The SMILES string of the molecule is CC(=O)O.CN(C)C(=O)CCNC(=O)NC[C@H](CN)N1C(=O)C=CC1=O. The third kappa shape index (κ3) is 8.78. The monoisotopic (exact) mass is 371 g/mol. The highest BCUT2D eigenvalue weighted by Crippen LogP contribution is 2.07. The Morgan fingerprint density at radius 2 is 1.69 bits per heavy atom. The number of imide groups is 1. The van der Waals surface area contributed by atoms with E-state index < -0.39 is 29.9 Å². The molecule has 0 aliphatic carbocycles. The van der Waals surface area contributed by atoms with Crippen molar-refractivity contribution in [2.45, 2.75) is 19.4 Å². The number of hydrogen-bond acceptors (Lipinski definition) is 6. The molecule has 0 saturated heterocycles. The first-order valence-corrected chi connectivity index (χ1v) is 7.76. The number of amides is 5. The lowest BCUT2D eigenvalue weighted by Crippen LogP contribution is -2.52. The number of nitrogens with zero attached hydrogens (tertiary/aromatic N) is 2. The number of hydrogen-bond donors (Lipinski definition) is 4. The second-order valence-corrected chi connectivity index (χ2v) is 5.46. The first-order chi connectivity index (χ1) is 12.1. The minimum Gasteiger partial charge on any atom is -0.481 e. The fourth-order valence-electron chi connectivity index (χ4n) is 1.83. The number of carboxylic acids is 1. The molecular weight excluding hydrogens is 346 g/mol. The van der Waals surface area contributed by atoms with Crippen molar-refractivity contribution < 1.29 is 29.1 Å². The van der Waals surface area contributed by atoms with E-state index in [2.05, 4.69) is 10.6 Å². The molecule has 146 valence electrons. The zero-order chi connectivity index (χ0) is 20.3. The van der Waals surface area contributed by atoms with Crippen LogP contribution in [0.2, 0.25) is 0 Å². The van der Waals surface area contributed by atoms with Gasteiger partial charge in [0, 0.05) is 59.2 Å². The lowest BCUT2D eigenvalue weighted by molar-refractivity contribution is -0.139. The average Bonchev–Trinajstić information content (AvgIpc) is 2.87. The number of carbonyl (C=O) groups is 5. The summed E-state index contributed by atoms with van der Waals surface area (Å²) in [6, 6.07) is -1.10. The van der Waals surface area contributed by atoms with E-state index in [9.17, 15) is 19.2 Å². The zero-order valence-corrected chi connectivity index (χ0v) is 15.0. The van der Waals surface area contributed by atoms with Crippen LogP contribution in [-0.4, -0.2) is 84.4 Å². The molecule has 0 aromatic heterocycles.